The molecular weight excluding hydrogens is 621 g/mol. The molecule has 13 heteroatoms. The lowest BCUT2D eigenvalue weighted by molar-refractivity contribution is -0.146. The second-order valence-corrected chi connectivity index (χ2v) is 16.5. The van der Waals surface area contributed by atoms with Crippen molar-refractivity contribution in [2.75, 3.05) is 25.7 Å². The van der Waals surface area contributed by atoms with E-state index in [-0.39, 0.29) is 30.4 Å². The van der Waals surface area contributed by atoms with Gasteiger partial charge in [0.2, 0.25) is 8.41 Å². The van der Waals surface area contributed by atoms with Gasteiger partial charge < -0.3 is 28.3 Å². The number of methoxy groups -OCH3 is 2. The van der Waals surface area contributed by atoms with Gasteiger partial charge in [0.05, 0.1) is 38.2 Å². The fraction of sp³-hybridized carbons (Fsp3) is 0.412. The number of fused-ring (bicyclic) bond motifs is 2. The van der Waals surface area contributed by atoms with Crippen molar-refractivity contribution in [3.05, 3.63) is 94.2 Å². The van der Waals surface area contributed by atoms with Crippen LogP contribution >= 0.6 is 0 Å². The molecule has 0 aliphatic carbocycles. The number of anilines is 1. The van der Waals surface area contributed by atoms with E-state index in [4.69, 9.17) is 14.2 Å². The predicted octanol–water partition coefficient (Wildman–Crippen LogP) is 4.39. The maximum Gasteiger partial charge on any atom is 0.297 e. The van der Waals surface area contributed by atoms with Crippen molar-refractivity contribution in [1.29, 1.82) is 0 Å². The number of benzene rings is 2. The van der Waals surface area contributed by atoms with Crippen molar-refractivity contribution in [1.82, 2.24) is 19.6 Å². The summed E-state index contributed by atoms with van der Waals surface area (Å²) in [5.74, 6) is 0.132. The molecule has 0 saturated carbocycles. The maximum atomic E-state index is 16.2. The molecule has 6 rings (SSSR count). The van der Waals surface area contributed by atoms with Crippen molar-refractivity contribution < 1.29 is 28.2 Å². The minimum Gasteiger partial charge on any atom is -0.497 e. The van der Waals surface area contributed by atoms with Gasteiger partial charge in [0.15, 0.2) is 11.4 Å². The van der Waals surface area contributed by atoms with Crippen LogP contribution in [0.1, 0.15) is 30.2 Å². The van der Waals surface area contributed by atoms with Crippen LogP contribution in [0.15, 0.2) is 71.8 Å². The molecule has 2 aromatic carbocycles. The zero-order valence-corrected chi connectivity index (χ0v) is 28.2. The zero-order valence-electron chi connectivity index (χ0n) is 27.2. The summed E-state index contributed by atoms with van der Waals surface area (Å²) in [7, 11) is -0.320. The number of nitrogens with zero attached hydrogens (tertiary/aromatic N) is 5. The van der Waals surface area contributed by atoms with Crippen LogP contribution < -0.4 is 19.9 Å². The van der Waals surface area contributed by atoms with E-state index in [0.717, 1.165) is 5.56 Å². The Labute approximate surface area is 273 Å². The number of amides is 1. The third kappa shape index (κ3) is 5.76. The van der Waals surface area contributed by atoms with Crippen LogP contribution in [0.2, 0.25) is 18.6 Å². The Morgan fingerprint density at radius 2 is 1.85 bits per heavy atom. The standard InChI is InChI=1S/C34H40FN5O6Si/c1-22-31(47(4,5)35)29(14-17-38-21-24(15-18-41)36-37-38)46-34(22)27-19-26(44-2)12-13-28(27)40(33(34)43)20-23-8-10-25(11-9-23)39-16-6-7-30(45-3)32(39)42/h6-13,16,19,21-22,29,31,41H,14-15,17-18,20H2,1-5H3/t22-,29+,31-,34+/m1/s1. The van der Waals surface area contributed by atoms with Gasteiger partial charge in [0.25, 0.3) is 11.5 Å². The summed E-state index contributed by atoms with van der Waals surface area (Å²) in [6, 6.07) is 16.3. The molecule has 0 radical (unpaired) electrons. The van der Waals surface area contributed by atoms with Gasteiger partial charge in [-0.05, 0) is 67.5 Å². The number of carbonyl (C=O) groups excluding carboxylic acids is 1. The van der Waals surface area contributed by atoms with Crippen LogP contribution in [0.25, 0.3) is 5.69 Å². The molecule has 1 N–H and O–H groups in total. The number of hydrogen-bond donors (Lipinski definition) is 1. The van der Waals surface area contributed by atoms with E-state index in [9.17, 15) is 14.7 Å². The van der Waals surface area contributed by atoms with Crippen LogP contribution in [0.4, 0.5) is 9.80 Å². The van der Waals surface area contributed by atoms with E-state index in [0.29, 0.717) is 47.8 Å². The Hall–Kier alpha value is -4.33. The van der Waals surface area contributed by atoms with Gasteiger partial charge in [-0.2, -0.15) is 0 Å². The number of aryl methyl sites for hydroxylation is 1. The molecule has 11 nitrogen and oxygen atoms in total. The number of carbonyl (C=O) groups is 1. The summed E-state index contributed by atoms with van der Waals surface area (Å²) in [4.78, 5) is 29.2. The van der Waals surface area contributed by atoms with Crippen LogP contribution in [0, 0.1) is 5.92 Å². The number of ether oxygens (including phenoxy) is 3. The maximum absolute atomic E-state index is 16.2. The van der Waals surface area contributed by atoms with Crippen molar-refractivity contribution in [2.24, 2.45) is 5.92 Å². The van der Waals surface area contributed by atoms with Crippen LogP contribution in [-0.4, -0.2) is 65.9 Å². The summed E-state index contributed by atoms with van der Waals surface area (Å²) in [6.07, 6.45) is 3.76. The highest BCUT2D eigenvalue weighted by atomic mass is 28.4. The number of aliphatic hydroxyl groups excluding tert-OH is 1. The molecule has 1 amide bonds. The second kappa shape index (κ2) is 12.7. The molecule has 0 unspecified atom stereocenters. The van der Waals surface area contributed by atoms with Crippen molar-refractivity contribution >= 4 is 20.0 Å². The Morgan fingerprint density at radius 3 is 2.53 bits per heavy atom. The minimum atomic E-state index is -3.35. The van der Waals surface area contributed by atoms with Crippen molar-refractivity contribution in [3.63, 3.8) is 0 Å². The molecule has 4 heterocycles. The normalized spacial score (nSPS) is 22.2. The highest BCUT2D eigenvalue weighted by Gasteiger charge is 2.66. The van der Waals surface area contributed by atoms with Crippen LogP contribution in [0.5, 0.6) is 11.5 Å². The first-order chi connectivity index (χ1) is 22.5. The molecule has 248 valence electrons. The van der Waals surface area contributed by atoms with E-state index in [1.165, 1.54) is 11.7 Å². The van der Waals surface area contributed by atoms with Gasteiger partial charge in [-0.1, -0.05) is 24.3 Å². The number of aromatic nitrogens is 4. The predicted molar refractivity (Wildman–Crippen MR) is 176 cm³/mol. The molecule has 47 heavy (non-hydrogen) atoms. The molecule has 1 fully saturated rings. The SMILES string of the molecule is COc1ccc2c(c1)[C@]1(O[C@@H](CCn3cc(CCO)nn3)[C@H]([Si](C)(C)F)[C@H]1C)C(=O)N2Cc1ccc(-n2cccc(OC)c2=O)cc1. The average Bonchev–Trinajstić information content (AvgIpc) is 3.70. The van der Waals surface area contributed by atoms with Gasteiger partial charge in [-0.3, -0.25) is 18.8 Å². The van der Waals surface area contributed by atoms with Gasteiger partial charge in [0.1, 0.15) is 5.75 Å². The van der Waals surface area contributed by atoms with Gasteiger partial charge >= 0.3 is 0 Å². The summed E-state index contributed by atoms with van der Waals surface area (Å²) in [5, 5.41) is 17.5. The smallest absolute Gasteiger partial charge is 0.297 e. The Morgan fingerprint density at radius 1 is 1.09 bits per heavy atom. The second-order valence-electron chi connectivity index (χ2n) is 12.7. The highest BCUT2D eigenvalue weighted by molar-refractivity contribution is 6.72. The van der Waals surface area contributed by atoms with Gasteiger partial charge in [-0.25, -0.2) is 0 Å². The average molecular weight is 662 g/mol. The molecule has 1 spiro atoms. The lowest BCUT2D eigenvalue weighted by atomic mass is 9.82. The molecule has 2 aliphatic heterocycles. The fourth-order valence-corrected chi connectivity index (χ4v) is 9.84. The molecule has 2 aliphatic rings. The molecule has 0 bridgehead atoms. The first kappa shape index (κ1) is 32.6. The van der Waals surface area contributed by atoms with E-state index in [1.54, 1.807) is 54.3 Å². The molecule has 4 aromatic rings. The van der Waals surface area contributed by atoms with Gasteiger partial charge in [-0.15, -0.1) is 5.10 Å². The lowest BCUT2D eigenvalue weighted by Gasteiger charge is -2.31. The van der Waals surface area contributed by atoms with Crippen molar-refractivity contribution in [2.45, 2.75) is 63.2 Å². The third-order valence-corrected chi connectivity index (χ3v) is 11.9. The van der Waals surface area contributed by atoms with Gasteiger partial charge in [0, 0.05) is 54.7 Å². The number of rotatable bonds is 11. The Kier molecular flexibility index (Phi) is 8.81. The molecular formula is C34H40FN5O6Si. The molecule has 2 aromatic heterocycles. The Bertz CT molecular complexity index is 1820. The summed E-state index contributed by atoms with van der Waals surface area (Å²) >= 11 is 0. The largest absolute Gasteiger partial charge is 0.497 e. The lowest BCUT2D eigenvalue weighted by Crippen LogP contribution is -2.45. The number of hydrogen-bond acceptors (Lipinski definition) is 8. The highest BCUT2D eigenvalue weighted by Crippen LogP contribution is 2.60. The van der Waals surface area contributed by atoms with E-state index in [2.05, 4.69) is 10.3 Å². The monoisotopic (exact) mass is 661 g/mol. The van der Waals surface area contributed by atoms with E-state index in [1.807, 2.05) is 49.4 Å². The first-order valence-electron chi connectivity index (χ1n) is 15.7. The third-order valence-electron chi connectivity index (χ3n) is 9.45. The quantitative estimate of drug-likeness (QED) is 0.186. The van der Waals surface area contributed by atoms with Crippen LogP contribution in [-0.2, 0) is 34.6 Å². The minimum absolute atomic E-state index is 0.0257. The molecule has 1 saturated heterocycles. The summed E-state index contributed by atoms with van der Waals surface area (Å²) in [6.45, 7) is 5.94. The number of halogens is 1. The van der Waals surface area contributed by atoms with E-state index < -0.39 is 31.6 Å². The topological polar surface area (TPSA) is 121 Å². The number of aliphatic hydroxyl groups is 1. The van der Waals surface area contributed by atoms with Crippen LogP contribution in [0.3, 0.4) is 0 Å². The fourth-order valence-electron chi connectivity index (χ4n) is 7.29. The van der Waals surface area contributed by atoms with E-state index >= 15 is 4.11 Å². The summed E-state index contributed by atoms with van der Waals surface area (Å²) in [5.41, 5.74) is 1.42. The number of pyridine rings is 1. The van der Waals surface area contributed by atoms with Crippen molar-refractivity contribution in [3.8, 4) is 17.2 Å². The Balaban J connectivity index is 1.33. The first-order valence-corrected chi connectivity index (χ1v) is 18.7. The zero-order chi connectivity index (χ0) is 33.5. The molecule has 4 atom stereocenters. The summed E-state index contributed by atoms with van der Waals surface area (Å²) < 4.78 is 37.0.